The van der Waals surface area contributed by atoms with E-state index in [1.165, 1.54) is 4.90 Å². The van der Waals surface area contributed by atoms with Crippen LogP contribution in [0.25, 0.3) is 0 Å². The topological polar surface area (TPSA) is 86.7 Å². The van der Waals surface area contributed by atoms with Gasteiger partial charge in [0.25, 0.3) is 0 Å². The van der Waals surface area contributed by atoms with E-state index < -0.39 is 5.97 Å². The van der Waals surface area contributed by atoms with E-state index in [9.17, 15) is 14.4 Å². The van der Waals surface area contributed by atoms with Gasteiger partial charge in [-0.3, -0.25) is 14.4 Å². The van der Waals surface area contributed by atoms with Gasteiger partial charge in [0.2, 0.25) is 11.8 Å². The Labute approximate surface area is 94.6 Å². The molecule has 0 radical (unpaired) electrons. The maximum atomic E-state index is 11.1. The summed E-state index contributed by atoms with van der Waals surface area (Å²) in [6.07, 6.45) is 0.983. The Hall–Kier alpha value is -1.59. The smallest absolute Gasteiger partial charge is 0.305 e. The lowest BCUT2D eigenvalue weighted by atomic mass is 10.2. The second-order valence-electron chi connectivity index (χ2n) is 3.64. The molecule has 0 rings (SSSR count). The highest BCUT2D eigenvalue weighted by molar-refractivity contribution is 5.79. The molecule has 2 N–H and O–H groups in total. The van der Waals surface area contributed by atoms with E-state index in [0.717, 1.165) is 0 Å². The molecule has 0 bridgehead atoms. The summed E-state index contributed by atoms with van der Waals surface area (Å²) in [6, 6.07) is 0. The van der Waals surface area contributed by atoms with Crippen LogP contribution in [0.1, 0.15) is 25.7 Å². The summed E-state index contributed by atoms with van der Waals surface area (Å²) < 4.78 is 0. The summed E-state index contributed by atoms with van der Waals surface area (Å²) in [6.45, 7) is 0.135. The normalized spacial score (nSPS) is 9.62. The number of carboxylic acid groups (broad SMARTS) is 1. The molecule has 0 aromatic rings. The molecule has 6 heteroatoms. The summed E-state index contributed by atoms with van der Waals surface area (Å²) >= 11 is 0. The molecule has 2 amide bonds. The van der Waals surface area contributed by atoms with Gasteiger partial charge in [-0.2, -0.15) is 0 Å². The van der Waals surface area contributed by atoms with Crippen LogP contribution < -0.4 is 5.32 Å². The average Bonchev–Trinajstić information content (AvgIpc) is 2.16. The number of hydrogen-bond acceptors (Lipinski definition) is 3. The van der Waals surface area contributed by atoms with Gasteiger partial charge in [0, 0.05) is 33.5 Å². The third kappa shape index (κ3) is 7.78. The fourth-order valence-electron chi connectivity index (χ4n) is 1.02. The van der Waals surface area contributed by atoms with Crippen LogP contribution in [0.4, 0.5) is 0 Å². The fourth-order valence-corrected chi connectivity index (χ4v) is 1.02. The monoisotopic (exact) mass is 230 g/mol. The van der Waals surface area contributed by atoms with Crippen LogP contribution in [0.15, 0.2) is 0 Å². The number of amides is 2. The minimum atomic E-state index is -0.942. The van der Waals surface area contributed by atoms with Crippen LogP contribution in [0, 0.1) is 0 Å². The number of rotatable bonds is 7. The minimum Gasteiger partial charge on any atom is -0.481 e. The van der Waals surface area contributed by atoms with Crippen molar-refractivity contribution < 1.29 is 19.5 Å². The summed E-state index contributed by atoms with van der Waals surface area (Å²) in [5, 5.41) is 10.8. The number of carboxylic acids is 1. The third-order valence-corrected chi connectivity index (χ3v) is 1.95. The van der Waals surface area contributed by atoms with E-state index in [4.69, 9.17) is 5.11 Å². The standard InChI is InChI=1S/C10H18N2O4/c1-12(2)9(14)5-3-4-8(13)11-7-6-10(15)16/h3-7H2,1-2H3,(H,11,13)(H,15,16). The van der Waals surface area contributed by atoms with Gasteiger partial charge < -0.3 is 15.3 Å². The third-order valence-electron chi connectivity index (χ3n) is 1.95. The van der Waals surface area contributed by atoms with Gasteiger partial charge in [0.15, 0.2) is 0 Å². The highest BCUT2D eigenvalue weighted by Crippen LogP contribution is 1.98. The van der Waals surface area contributed by atoms with Crippen LogP contribution in [0.2, 0.25) is 0 Å². The molecule has 6 nitrogen and oxygen atoms in total. The first-order valence-corrected chi connectivity index (χ1v) is 5.12. The van der Waals surface area contributed by atoms with E-state index >= 15 is 0 Å². The van der Waals surface area contributed by atoms with Crippen molar-refractivity contribution in [2.75, 3.05) is 20.6 Å². The second kappa shape index (κ2) is 7.67. The van der Waals surface area contributed by atoms with Crippen LogP contribution in [0.5, 0.6) is 0 Å². The van der Waals surface area contributed by atoms with Crippen LogP contribution >= 0.6 is 0 Å². The molecule has 16 heavy (non-hydrogen) atoms. The maximum absolute atomic E-state index is 11.1. The number of hydrogen-bond donors (Lipinski definition) is 2. The number of carbonyl (C=O) groups is 3. The van der Waals surface area contributed by atoms with Crippen molar-refractivity contribution in [1.82, 2.24) is 10.2 Å². The number of aliphatic carboxylic acids is 1. The predicted octanol–water partition coefficient (Wildman–Crippen LogP) is -0.164. The molecule has 92 valence electrons. The zero-order valence-corrected chi connectivity index (χ0v) is 9.65. The van der Waals surface area contributed by atoms with Crippen molar-refractivity contribution in [3.63, 3.8) is 0 Å². The molecule has 0 aromatic heterocycles. The highest BCUT2D eigenvalue weighted by atomic mass is 16.4. The number of nitrogens with one attached hydrogen (secondary N) is 1. The number of carbonyl (C=O) groups excluding carboxylic acids is 2. The summed E-state index contributed by atoms with van der Waals surface area (Å²) in [5.41, 5.74) is 0. The Balaban J connectivity index is 3.51. The first kappa shape index (κ1) is 14.4. The molecule has 0 aliphatic rings. The first-order chi connectivity index (χ1) is 7.43. The van der Waals surface area contributed by atoms with Crippen molar-refractivity contribution in [3.05, 3.63) is 0 Å². The summed E-state index contributed by atoms with van der Waals surface area (Å²) in [4.78, 5) is 33.9. The van der Waals surface area contributed by atoms with Crippen LogP contribution in [-0.4, -0.2) is 48.4 Å². The molecule has 0 aliphatic heterocycles. The molecule has 0 atom stereocenters. The van der Waals surface area contributed by atoms with Gasteiger partial charge in [-0.1, -0.05) is 0 Å². The van der Waals surface area contributed by atoms with Crippen molar-refractivity contribution in [3.8, 4) is 0 Å². The lowest BCUT2D eigenvalue weighted by Crippen LogP contribution is -2.26. The molecule has 0 unspecified atom stereocenters. The molecule has 0 aliphatic carbocycles. The minimum absolute atomic E-state index is 0.0154. The van der Waals surface area contributed by atoms with Crippen molar-refractivity contribution in [2.24, 2.45) is 0 Å². The molecule has 0 fully saturated rings. The van der Waals surface area contributed by atoms with Gasteiger partial charge >= 0.3 is 5.97 Å². The SMILES string of the molecule is CN(C)C(=O)CCCC(=O)NCCC(=O)O. The van der Waals surface area contributed by atoms with Crippen LogP contribution in [0.3, 0.4) is 0 Å². The Kier molecular flexibility index (Phi) is 6.91. The lowest BCUT2D eigenvalue weighted by Gasteiger charge is -2.09. The Morgan fingerprint density at radius 1 is 1.12 bits per heavy atom. The van der Waals surface area contributed by atoms with E-state index in [0.29, 0.717) is 12.8 Å². The molecule has 0 saturated carbocycles. The van der Waals surface area contributed by atoms with Crippen LogP contribution in [-0.2, 0) is 14.4 Å². The molecule has 0 heterocycles. The van der Waals surface area contributed by atoms with Gasteiger partial charge in [-0.25, -0.2) is 0 Å². The second-order valence-corrected chi connectivity index (χ2v) is 3.64. The molecule has 0 spiro atoms. The lowest BCUT2D eigenvalue weighted by molar-refractivity contribution is -0.137. The molecular formula is C10H18N2O4. The predicted molar refractivity (Wildman–Crippen MR) is 57.8 cm³/mol. The highest BCUT2D eigenvalue weighted by Gasteiger charge is 2.06. The van der Waals surface area contributed by atoms with Gasteiger partial charge in [-0.05, 0) is 6.42 Å². The van der Waals surface area contributed by atoms with Crippen molar-refractivity contribution >= 4 is 17.8 Å². The molecule has 0 saturated heterocycles. The maximum Gasteiger partial charge on any atom is 0.305 e. The Morgan fingerprint density at radius 3 is 2.25 bits per heavy atom. The van der Waals surface area contributed by atoms with E-state index in [1.807, 2.05) is 0 Å². The molecular weight excluding hydrogens is 212 g/mol. The average molecular weight is 230 g/mol. The Bertz CT molecular complexity index is 264. The quantitative estimate of drug-likeness (QED) is 0.636. The van der Waals surface area contributed by atoms with Crippen molar-refractivity contribution in [2.45, 2.75) is 25.7 Å². The van der Waals surface area contributed by atoms with Gasteiger partial charge in [0.1, 0.15) is 0 Å². The largest absolute Gasteiger partial charge is 0.481 e. The fraction of sp³-hybridized carbons (Fsp3) is 0.700. The summed E-state index contributed by atoms with van der Waals surface area (Å²) in [5.74, 6) is -1.17. The van der Waals surface area contributed by atoms with E-state index in [2.05, 4.69) is 5.32 Å². The van der Waals surface area contributed by atoms with Gasteiger partial charge in [-0.15, -0.1) is 0 Å². The molecule has 0 aromatic carbocycles. The summed E-state index contributed by atoms with van der Waals surface area (Å²) in [7, 11) is 3.32. The van der Waals surface area contributed by atoms with E-state index in [-0.39, 0.29) is 31.2 Å². The van der Waals surface area contributed by atoms with Gasteiger partial charge in [0.05, 0.1) is 6.42 Å². The zero-order chi connectivity index (χ0) is 12.6. The Morgan fingerprint density at radius 2 is 1.75 bits per heavy atom. The van der Waals surface area contributed by atoms with Crippen molar-refractivity contribution in [1.29, 1.82) is 0 Å². The first-order valence-electron chi connectivity index (χ1n) is 5.12. The zero-order valence-electron chi connectivity index (χ0n) is 9.65. The number of nitrogens with zero attached hydrogens (tertiary/aromatic N) is 1. The van der Waals surface area contributed by atoms with E-state index in [1.54, 1.807) is 14.1 Å².